The molecule has 0 aliphatic heterocycles. The van der Waals surface area contributed by atoms with E-state index < -0.39 is 6.04 Å². The third-order valence-electron chi connectivity index (χ3n) is 6.66. The molecule has 208 valence electrons. The van der Waals surface area contributed by atoms with Gasteiger partial charge in [0.1, 0.15) is 11.8 Å². The number of nitrogens with one attached hydrogen (secondary N) is 1. The molecule has 0 saturated carbocycles. The van der Waals surface area contributed by atoms with Crippen molar-refractivity contribution >= 4 is 39.3 Å². The van der Waals surface area contributed by atoms with E-state index in [1.165, 1.54) is 0 Å². The Morgan fingerprint density at radius 2 is 1.69 bits per heavy atom. The SMILES string of the molecule is CCC(C)NC(=O)C(Cc1ccccc1)N(Cc1cccc(Cl)c1)C(=O)COc1ccc(C(C)(C)C)cc1Br. The Labute approximate surface area is 246 Å². The molecule has 2 unspecified atom stereocenters. The number of nitrogens with zero attached hydrogens (tertiary/aromatic N) is 1. The summed E-state index contributed by atoms with van der Waals surface area (Å²) in [6.45, 7) is 10.4. The van der Waals surface area contributed by atoms with Crippen molar-refractivity contribution in [1.82, 2.24) is 10.2 Å². The van der Waals surface area contributed by atoms with E-state index in [0.29, 0.717) is 17.2 Å². The van der Waals surface area contributed by atoms with Gasteiger partial charge in [-0.3, -0.25) is 9.59 Å². The maximum absolute atomic E-state index is 13.8. The van der Waals surface area contributed by atoms with Crippen LogP contribution in [0.25, 0.3) is 0 Å². The third kappa shape index (κ3) is 9.11. The van der Waals surface area contributed by atoms with Crippen molar-refractivity contribution in [2.24, 2.45) is 0 Å². The molecule has 0 aromatic heterocycles. The summed E-state index contributed by atoms with van der Waals surface area (Å²) in [5.41, 5.74) is 2.94. The smallest absolute Gasteiger partial charge is 0.261 e. The summed E-state index contributed by atoms with van der Waals surface area (Å²) in [6, 6.07) is 22.2. The van der Waals surface area contributed by atoms with E-state index >= 15 is 0 Å². The Balaban J connectivity index is 1.92. The van der Waals surface area contributed by atoms with Gasteiger partial charge in [0.05, 0.1) is 4.47 Å². The maximum Gasteiger partial charge on any atom is 0.261 e. The number of hydrogen-bond donors (Lipinski definition) is 1. The van der Waals surface area contributed by atoms with Gasteiger partial charge in [-0.05, 0) is 75.6 Å². The Bertz CT molecular complexity index is 1260. The molecular formula is C32H38BrClN2O3. The van der Waals surface area contributed by atoms with Gasteiger partial charge in [0.2, 0.25) is 5.91 Å². The van der Waals surface area contributed by atoms with Gasteiger partial charge in [0.15, 0.2) is 6.61 Å². The zero-order valence-corrected chi connectivity index (χ0v) is 25.7. The molecule has 0 spiro atoms. The van der Waals surface area contributed by atoms with Crippen molar-refractivity contribution in [3.05, 3.63) is 99.0 Å². The minimum absolute atomic E-state index is 0.0156. The van der Waals surface area contributed by atoms with Crippen LogP contribution in [0.4, 0.5) is 0 Å². The number of rotatable bonds is 11. The van der Waals surface area contributed by atoms with Gasteiger partial charge >= 0.3 is 0 Å². The van der Waals surface area contributed by atoms with Crippen LogP contribution in [0.15, 0.2) is 77.3 Å². The Kier molecular flexibility index (Phi) is 11.0. The van der Waals surface area contributed by atoms with E-state index in [4.69, 9.17) is 16.3 Å². The first-order valence-electron chi connectivity index (χ1n) is 13.3. The molecule has 1 N–H and O–H groups in total. The van der Waals surface area contributed by atoms with Crippen LogP contribution >= 0.6 is 27.5 Å². The normalized spacial score (nSPS) is 12.9. The number of hydrogen-bond acceptors (Lipinski definition) is 3. The van der Waals surface area contributed by atoms with Gasteiger partial charge < -0.3 is 15.0 Å². The Morgan fingerprint density at radius 1 is 1.00 bits per heavy atom. The number of carbonyl (C=O) groups excluding carboxylic acids is 2. The maximum atomic E-state index is 13.8. The molecule has 0 radical (unpaired) electrons. The molecule has 0 bridgehead atoms. The minimum Gasteiger partial charge on any atom is -0.483 e. The lowest BCUT2D eigenvalue weighted by molar-refractivity contribution is -0.143. The van der Waals surface area contributed by atoms with Crippen molar-refractivity contribution in [1.29, 1.82) is 0 Å². The molecule has 3 aromatic carbocycles. The van der Waals surface area contributed by atoms with Gasteiger partial charge in [-0.25, -0.2) is 0 Å². The fraction of sp³-hybridized carbons (Fsp3) is 0.375. The van der Waals surface area contributed by atoms with Crippen LogP contribution in [0.3, 0.4) is 0 Å². The molecule has 0 aliphatic rings. The van der Waals surface area contributed by atoms with Crippen LogP contribution in [-0.4, -0.2) is 35.4 Å². The predicted octanol–water partition coefficient (Wildman–Crippen LogP) is 7.33. The van der Waals surface area contributed by atoms with Gasteiger partial charge in [-0.2, -0.15) is 0 Å². The summed E-state index contributed by atoms with van der Waals surface area (Å²) < 4.78 is 6.77. The van der Waals surface area contributed by atoms with Crippen molar-refractivity contribution in [2.45, 2.75) is 71.5 Å². The summed E-state index contributed by atoms with van der Waals surface area (Å²) in [5, 5.41) is 3.65. The lowest BCUT2D eigenvalue weighted by atomic mass is 9.87. The Hall–Kier alpha value is -2.83. The fourth-order valence-corrected chi connectivity index (χ4v) is 4.84. The average molecular weight is 614 g/mol. The van der Waals surface area contributed by atoms with E-state index in [-0.39, 0.29) is 36.4 Å². The molecule has 5 nitrogen and oxygen atoms in total. The highest BCUT2D eigenvalue weighted by Gasteiger charge is 2.31. The van der Waals surface area contributed by atoms with Crippen molar-refractivity contribution in [3.8, 4) is 5.75 Å². The Morgan fingerprint density at radius 3 is 2.31 bits per heavy atom. The second-order valence-corrected chi connectivity index (χ2v) is 12.1. The zero-order valence-electron chi connectivity index (χ0n) is 23.3. The second kappa shape index (κ2) is 14.0. The van der Waals surface area contributed by atoms with E-state index in [2.05, 4.69) is 42.0 Å². The van der Waals surface area contributed by atoms with Gasteiger partial charge in [-0.1, -0.05) is 87.8 Å². The molecule has 3 aromatic rings. The minimum atomic E-state index is -0.733. The summed E-state index contributed by atoms with van der Waals surface area (Å²) in [6.07, 6.45) is 1.16. The van der Waals surface area contributed by atoms with E-state index in [9.17, 15) is 9.59 Å². The van der Waals surface area contributed by atoms with Crippen LogP contribution in [0.1, 0.15) is 57.7 Å². The van der Waals surface area contributed by atoms with E-state index in [1.54, 1.807) is 11.0 Å². The van der Waals surface area contributed by atoms with Crippen LogP contribution in [0.2, 0.25) is 5.02 Å². The number of amides is 2. The molecular weight excluding hydrogens is 576 g/mol. The molecule has 2 amide bonds. The molecule has 0 aliphatic carbocycles. The third-order valence-corrected chi connectivity index (χ3v) is 7.52. The first-order chi connectivity index (χ1) is 18.5. The van der Waals surface area contributed by atoms with Crippen molar-refractivity contribution in [2.75, 3.05) is 6.61 Å². The largest absolute Gasteiger partial charge is 0.483 e. The lowest BCUT2D eigenvalue weighted by Gasteiger charge is -2.32. The van der Waals surface area contributed by atoms with Crippen LogP contribution < -0.4 is 10.1 Å². The van der Waals surface area contributed by atoms with Crippen LogP contribution in [-0.2, 0) is 28.0 Å². The quantitative estimate of drug-likeness (QED) is 0.246. The highest BCUT2D eigenvalue weighted by atomic mass is 79.9. The standard InChI is InChI=1S/C32H38BrClN2O3/c1-6-22(2)35-31(38)28(18-23-11-8-7-9-12-23)36(20-24-13-10-14-26(34)17-24)30(37)21-39-29-16-15-25(19-27(29)33)32(3,4)5/h7-17,19,22,28H,6,18,20-21H2,1-5H3,(H,35,38). The fourth-order valence-electron chi connectivity index (χ4n) is 4.13. The molecule has 7 heteroatoms. The number of halogens is 2. The molecule has 2 atom stereocenters. The van der Waals surface area contributed by atoms with Crippen molar-refractivity contribution < 1.29 is 14.3 Å². The number of carbonyl (C=O) groups is 2. The van der Waals surface area contributed by atoms with Gasteiger partial charge in [-0.15, -0.1) is 0 Å². The number of ether oxygens (including phenoxy) is 1. The van der Waals surface area contributed by atoms with Crippen LogP contribution in [0.5, 0.6) is 5.75 Å². The second-order valence-electron chi connectivity index (χ2n) is 10.9. The first kappa shape index (κ1) is 30.7. The molecule has 39 heavy (non-hydrogen) atoms. The highest BCUT2D eigenvalue weighted by Crippen LogP contribution is 2.31. The summed E-state index contributed by atoms with van der Waals surface area (Å²) >= 11 is 9.85. The highest BCUT2D eigenvalue weighted by molar-refractivity contribution is 9.10. The summed E-state index contributed by atoms with van der Waals surface area (Å²) in [4.78, 5) is 29.0. The van der Waals surface area contributed by atoms with E-state index in [0.717, 1.165) is 27.6 Å². The number of benzene rings is 3. The summed E-state index contributed by atoms with van der Waals surface area (Å²) in [5.74, 6) is 0.0871. The topological polar surface area (TPSA) is 58.6 Å². The first-order valence-corrected chi connectivity index (χ1v) is 14.5. The molecule has 3 rings (SSSR count). The molecule has 0 saturated heterocycles. The molecule has 0 fully saturated rings. The van der Waals surface area contributed by atoms with Gasteiger partial charge in [0.25, 0.3) is 5.91 Å². The lowest BCUT2D eigenvalue weighted by Crippen LogP contribution is -2.53. The zero-order chi connectivity index (χ0) is 28.6. The summed E-state index contributed by atoms with van der Waals surface area (Å²) in [7, 11) is 0. The molecule has 0 heterocycles. The van der Waals surface area contributed by atoms with Gasteiger partial charge in [0, 0.05) is 24.0 Å². The van der Waals surface area contributed by atoms with Crippen molar-refractivity contribution in [3.63, 3.8) is 0 Å². The predicted molar refractivity (Wildman–Crippen MR) is 162 cm³/mol. The monoisotopic (exact) mass is 612 g/mol. The van der Waals surface area contributed by atoms with Crippen LogP contribution in [0, 0.1) is 0 Å². The average Bonchev–Trinajstić information content (AvgIpc) is 2.89. The van der Waals surface area contributed by atoms with E-state index in [1.807, 2.05) is 80.6 Å².